The van der Waals surface area contributed by atoms with E-state index in [-0.39, 0.29) is 5.78 Å². The highest BCUT2D eigenvalue weighted by Gasteiger charge is 2.10. The molecule has 0 saturated heterocycles. The Bertz CT molecular complexity index is 420. The molecule has 3 heteroatoms. The number of rotatable bonds is 3. The summed E-state index contributed by atoms with van der Waals surface area (Å²) in [5, 5.41) is 0. The van der Waals surface area contributed by atoms with Crippen LogP contribution in [0.4, 0.5) is 5.69 Å². The van der Waals surface area contributed by atoms with Crippen molar-refractivity contribution in [2.24, 2.45) is 0 Å². The Hall–Kier alpha value is -1.27. The minimum Gasteiger partial charge on any atom is -0.363 e. The standard InChI is InChI=1S/C12H12BrNO/c1-4-7-14(3)12-6-5-10(13)8-11(12)9(2)15/h1,5-6,8H,7H2,2-3H3. The number of halogens is 1. The van der Waals surface area contributed by atoms with Gasteiger partial charge in [-0.1, -0.05) is 21.9 Å². The summed E-state index contributed by atoms with van der Waals surface area (Å²) in [5.41, 5.74) is 1.55. The molecule has 0 spiro atoms. The van der Waals surface area contributed by atoms with E-state index in [4.69, 9.17) is 6.42 Å². The molecule has 78 valence electrons. The molecule has 1 rings (SSSR count). The summed E-state index contributed by atoms with van der Waals surface area (Å²) in [4.78, 5) is 13.3. The molecule has 1 aromatic carbocycles. The Morgan fingerprint density at radius 3 is 2.80 bits per heavy atom. The largest absolute Gasteiger partial charge is 0.363 e. The molecule has 0 heterocycles. The topological polar surface area (TPSA) is 20.3 Å². The molecular weight excluding hydrogens is 254 g/mol. The Kier molecular flexibility index (Phi) is 3.93. The number of hydrogen-bond acceptors (Lipinski definition) is 2. The van der Waals surface area contributed by atoms with Gasteiger partial charge in [-0.05, 0) is 25.1 Å². The second-order valence-electron chi connectivity index (χ2n) is 3.28. The van der Waals surface area contributed by atoms with E-state index in [0.29, 0.717) is 12.1 Å². The summed E-state index contributed by atoms with van der Waals surface area (Å²) in [6, 6.07) is 5.59. The quantitative estimate of drug-likeness (QED) is 0.619. The van der Waals surface area contributed by atoms with Crippen LogP contribution in [0, 0.1) is 12.3 Å². The summed E-state index contributed by atoms with van der Waals surface area (Å²) in [6.07, 6.45) is 5.24. The van der Waals surface area contributed by atoms with Crippen LogP contribution < -0.4 is 4.90 Å². The highest BCUT2D eigenvalue weighted by atomic mass is 79.9. The molecule has 0 unspecified atom stereocenters. The first kappa shape index (κ1) is 11.8. The van der Waals surface area contributed by atoms with E-state index in [2.05, 4.69) is 21.9 Å². The molecule has 0 fully saturated rings. The molecule has 0 aromatic heterocycles. The van der Waals surface area contributed by atoms with Crippen LogP contribution in [0.3, 0.4) is 0 Å². The van der Waals surface area contributed by atoms with Crippen molar-refractivity contribution in [2.45, 2.75) is 6.92 Å². The number of hydrogen-bond donors (Lipinski definition) is 0. The Morgan fingerprint density at radius 2 is 2.27 bits per heavy atom. The van der Waals surface area contributed by atoms with Crippen molar-refractivity contribution in [3.05, 3.63) is 28.2 Å². The fourth-order valence-corrected chi connectivity index (χ4v) is 1.71. The molecule has 2 nitrogen and oxygen atoms in total. The third-order valence-corrected chi connectivity index (χ3v) is 2.57. The van der Waals surface area contributed by atoms with E-state index < -0.39 is 0 Å². The minimum atomic E-state index is 0.0372. The van der Waals surface area contributed by atoms with Crippen molar-refractivity contribution in [1.82, 2.24) is 0 Å². The fraction of sp³-hybridized carbons (Fsp3) is 0.250. The number of benzene rings is 1. The fourth-order valence-electron chi connectivity index (χ4n) is 1.35. The molecular formula is C12H12BrNO. The van der Waals surface area contributed by atoms with Gasteiger partial charge in [0.05, 0.1) is 6.54 Å². The lowest BCUT2D eigenvalue weighted by Crippen LogP contribution is -2.19. The van der Waals surface area contributed by atoms with Gasteiger partial charge in [-0.25, -0.2) is 0 Å². The SMILES string of the molecule is C#CCN(C)c1ccc(Br)cc1C(C)=O. The Balaban J connectivity index is 3.17. The maximum absolute atomic E-state index is 11.4. The van der Waals surface area contributed by atoms with Gasteiger partial charge in [0.2, 0.25) is 0 Å². The predicted molar refractivity (Wildman–Crippen MR) is 66.2 cm³/mol. The second-order valence-corrected chi connectivity index (χ2v) is 4.19. The highest BCUT2D eigenvalue weighted by Crippen LogP contribution is 2.24. The van der Waals surface area contributed by atoms with Gasteiger partial charge >= 0.3 is 0 Å². The Labute approximate surface area is 98.4 Å². The number of Topliss-reactive ketones (excluding diaryl/α,β-unsaturated/α-hetero) is 1. The molecule has 0 atom stereocenters. The normalized spacial score (nSPS) is 9.47. The van der Waals surface area contributed by atoms with Crippen LogP contribution >= 0.6 is 15.9 Å². The zero-order chi connectivity index (χ0) is 11.4. The predicted octanol–water partition coefficient (Wildman–Crippen LogP) is 2.72. The molecule has 0 bridgehead atoms. The molecule has 0 saturated carbocycles. The highest BCUT2D eigenvalue weighted by molar-refractivity contribution is 9.10. The van der Waals surface area contributed by atoms with Gasteiger partial charge in [-0.3, -0.25) is 4.79 Å². The van der Waals surface area contributed by atoms with E-state index in [0.717, 1.165) is 10.2 Å². The lowest BCUT2D eigenvalue weighted by Gasteiger charge is -2.19. The number of terminal acetylenes is 1. The third kappa shape index (κ3) is 2.84. The van der Waals surface area contributed by atoms with E-state index in [1.165, 1.54) is 0 Å². The van der Waals surface area contributed by atoms with Crippen molar-refractivity contribution in [2.75, 3.05) is 18.5 Å². The van der Waals surface area contributed by atoms with Crippen LogP contribution in [0.2, 0.25) is 0 Å². The van der Waals surface area contributed by atoms with Crippen LogP contribution in [0.15, 0.2) is 22.7 Å². The monoisotopic (exact) mass is 265 g/mol. The molecule has 1 aromatic rings. The summed E-state index contributed by atoms with van der Waals surface area (Å²) < 4.78 is 0.894. The molecule has 0 radical (unpaired) electrons. The van der Waals surface area contributed by atoms with Crippen molar-refractivity contribution < 1.29 is 4.79 Å². The van der Waals surface area contributed by atoms with E-state index in [1.54, 1.807) is 6.92 Å². The van der Waals surface area contributed by atoms with Crippen molar-refractivity contribution in [3.8, 4) is 12.3 Å². The number of ketones is 1. The second kappa shape index (κ2) is 4.99. The summed E-state index contributed by atoms with van der Waals surface area (Å²) in [5.74, 6) is 2.59. The summed E-state index contributed by atoms with van der Waals surface area (Å²) in [6.45, 7) is 2.04. The van der Waals surface area contributed by atoms with Crippen LogP contribution in [0.1, 0.15) is 17.3 Å². The zero-order valence-corrected chi connectivity index (χ0v) is 10.3. The van der Waals surface area contributed by atoms with Crippen LogP contribution in [-0.2, 0) is 0 Å². The molecule has 0 N–H and O–H groups in total. The first-order chi connectivity index (χ1) is 7.06. The third-order valence-electron chi connectivity index (χ3n) is 2.08. The molecule has 0 aliphatic carbocycles. The van der Waals surface area contributed by atoms with Crippen molar-refractivity contribution >= 4 is 27.4 Å². The number of carbonyl (C=O) groups excluding carboxylic acids is 1. The van der Waals surface area contributed by atoms with Gasteiger partial charge in [0.25, 0.3) is 0 Å². The average Bonchev–Trinajstić information content (AvgIpc) is 2.17. The van der Waals surface area contributed by atoms with Crippen molar-refractivity contribution in [1.29, 1.82) is 0 Å². The number of carbonyl (C=O) groups is 1. The van der Waals surface area contributed by atoms with Crippen LogP contribution in [0.25, 0.3) is 0 Å². The average molecular weight is 266 g/mol. The zero-order valence-electron chi connectivity index (χ0n) is 8.75. The van der Waals surface area contributed by atoms with E-state index in [1.807, 2.05) is 30.1 Å². The first-order valence-electron chi connectivity index (χ1n) is 4.51. The number of anilines is 1. The maximum atomic E-state index is 11.4. The molecule has 0 amide bonds. The van der Waals surface area contributed by atoms with Crippen LogP contribution in [-0.4, -0.2) is 19.4 Å². The number of nitrogens with zero attached hydrogens (tertiary/aromatic N) is 1. The van der Waals surface area contributed by atoms with Gasteiger partial charge in [-0.2, -0.15) is 0 Å². The Morgan fingerprint density at radius 1 is 1.60 bits per heavy atom. The molecule has 15 heavy (non-hydrogen) atoms. The van der Waals surface area contributed by atoms with Gasteiger partial charge in [-0.15, -0.1) is 6.42 Å². The lowest BCUT2D eigenvalue weighted by molar-refractivity contribution is 0.101. The van der Waals surface area contributed by atoms with Gasteiger partial charge in [0.1, 0.15) is 0 Å². The smallest absolute Gasteiger partial charge is 0.161 e. The van der Waals surface area contributed by atoms with Gasteiger partial charge in [0, 0.05) is 22.8 Å². The van der Waals surface area contributed by atoms with Crippen LogP contribution in [0.5, 0.6) is 0 Å². The summed E-state index contributed by atoms with van der Waals surface area (Å²) in [7, 11) is 1.87. The van der Waals surface area contributed by atoms with Crippen molar-refractivity contribution in [3.63, 3.8) is 0 Å². The molecule has 0 aliphatic heterocycles. The van der Waals surface area contributed by atoms with Gasteiger partial charge < -0.3 is 4.90 Å². The van der Waals surface area contributed by atoms with Gasteiger partial charge in [0.15, 0.2) is 5.78 Å². The van der Waals surface area contributed by atoms with E-state index >= 15 is 0 Å². The minimum absolute atomic E-state index is 0.0372. The summed E-state index contributed by atoms with van der Waals surface area (Å²) >= 11 is 3.34. The maximum Gasteiger partial charge on any atom is 0.161 e. The molecule has 0 aliphatic rings. The first-order valence-corrected chi connectivity index (χ1v) is 5.30. The lowest BCUT2D eigenvalue weighted by atomic mass is 10.1. The van der Waals surface area contributed by atoms with E-state index in [9.17, 15) is 4.79 Å².